The molecule has 5 aromatic rings. The number of quaternary nitrogens is 2. The van der Waals surface area contributed by atoms with Crippen LogP contribution >= 0.6 is 0 Å². The number of hydrogen-bond acceptors (Lipinski definition) is 6. The van der Waals surface area contributed by atoms with Crippen molar-refractivity contribution in [2.75, 3.05) is 46.9 Å². The second kappa shape index (κ2) is 21.0. The first kappa shape index (κ1) is 47.0. The molecule has 0 saturated carbocycles. The lowest BCUT2D eigenvalue weighted by molar-refractivity contribution is -0.949. The molecule has 8 nitrogen and oxygen atoms in total. The van der Waals surface area contributed by atoms with Gasteiger partial charge in [-0.05, 0) is 70.9 Å². The number of fused-ring (bicyclic) bond motifs is 4. The Morgan fingerprint density at radius 3 is 1.64 bits per heavy atom. The molecule has 0 aliphatic carbocycles. The molecule has 0 radical (unpaired) electrons. The van der Waals surface area contributed by atoms with Gasteiger partial charge in [-0.15, -0.1) is 0 Å². The van der Waals surface area contributed by atoms with Crippen LogP contribution in [0.5, 0.6) is 23.0 Å². The van der Waals surface area contributed by atoms with Gasteiger partial charge in [-0.25, -0.2) is 0 Å². The number of carbonyl (C=O) groups excluding carboxylic acids is 2. The Labute approximate surface area is 367 Å². The average molecular weight is 886 g/mol. The van der Waals surface area contributed by atoms with Gasteiger partial charge in [0.15, 0.2) is 0 Å². The largest absolute Gasteiger partial charge is 1.00 e. The van der Waals surface area contributed by atoms with Crippen LogP contribution in [0.15, 0.2) is 127 Å². The van der Waals surface area contributed by atoms with Gasteiger partial charge >= 0.3 is 11.9 Å². The molecule has 0 aromatic heterocycles. The predicted octanol–water partition coefficient (Wildman–Crippen LogP) is 2.14. The molecule has 5 aromatic carbocycles. The van der Waals surface area contributed by atoms with Crippen LogP contribution in [0.1, 0.15) is 68.4 Å². The Morgan fingerprint density at radius 1 is 0.678 bits per heavy atom. The molecular formula is C49H58BrClN2O6. The van der Waals surface area contributed by atoms with E-state index in [-0.39, 0.29) is 41.3 Å². The standard InChI is InChI=1S/C26H27NO3.C23H30NO3.BrH.ClH/c1-3-27(2)17-18-29-25(28)26(19-20-11-5-4-6-12-20)21-13-7-9-15-23(21)30-24-16-10-8-14-22(24)26;1-16(2)24(5,17(3)4)14-15-26-23(25)22-18-10-6-8-12-20(18)27-21-13-9-7-11-19(21)22;;/h4-16H,3,17-19H2,1-2H3;6-13,16-17,22H,14-15H2,1-5H3;2*1H/q;+1;;/p-1. The Balaban J connectivity index is 0.000000253. The Morgan fingerprint density at radius 2 is 1.14 bits per heavy atom. The van der Waals surface area contributed by atoms with Gasteiger partial charge in [0.1, 0.15) is 60.6 Å². The van der Waals surface area contributed by atoms with E-state index < -0.39 is 11.3 Å². The molecule has 2 aliphatic rings. The first-order valence-electron chi connectivity index (χ1n) is 20.3. The minimum Gasteiger partial charge on any atom is -1.00 e. The number of benzene rings is 5. The van der Waals surface area contributed by atoms with Crippen molar-refractivity contribution in [3.63, 3.8) is 0 Å². The van der Waals surface area contributed by atoms with E-state index in [1.807, 2.05) is 115 Å². The van der Waals surface area contributed by atoms with Crippen LogP contribution in [0.3, 0.4) is 0 Å². The van der Waals surface area contributed by atoms with Crippen LogP contribution in [0.4, 0.5) is 0 Å². The summed E-state index contributed by atoms with van der Waals surface area (Å²) in [6.45, 7) is 14.4. The number of esters is 2. The van der Waals surface area contributed by atoms with E-state index in [1.54, 1.807) is 0 Å². The zero-order valence-corrected chi connectivity index (χ0v) is 37.6. The molecule has 1 atom stereocenters. The highest BCUT2D eigenvalue weighted by molar-refractivity contribution is 5.91. The molecule has 314 valence electrons. The minimum absolute atomic E-state index is 0. The van der Waals surface area contributed by atoms with Gasteiger partial charge in [-0.3, -0.25) is 9.59 Å². The number of likely N-dealkylation sites (N-methyl/N-ethyl adjacent to an activating group) is 2. The maximum absolute atomic E-state index is 13.8. The van der Waals surface area contributed by atoms with Crippen molar-refractivity contribution in [3.8, 4) is 23.0 Å². The van der Waals surface area contributed by atoms with Crippen LogP contribution in [0, 0.1) is 0 Å². The number of ether oxygens (including phenoxy) is 4. The fourth-order valence-electron chi connectivity index (χ4n) is 7.79. The third-order valence-electron chi connectivity index (χ3n) is 12.0. The lowest BCUT2D eigenvalue weighted by Gasteiger charge is -2.42. The van der Waals surface area contributed by atoms with E-state index in [0.717, 1.165) is 63.4 Å². The topological polar surface area (TPSA) is 75.5 Å². The average Bonchev–Trinajstić information content (AvgIpc) is 3.22. The molecule has 2 heterocycles. The van der Waals surface area contributed by atoms with E-state index >= 15 is 0 Å². The van der Waals surface area contributed by atoms with Crippen LogP contribution in [-0.2, 0) is 30.9 Å². The summed E-state index contributed by atoms with van der Waals surface area (Å²) in [6.07, 6.45) is 0.514. The molecule has 7 rings (SSSR count). The highest BCUT2D eigenvalue weighted by Gasteiger charge is 2.50. The van der Waals surface area contributed by atoms with E-state index in [2.05, 4.69) is 60.8 Å². The number of nitrogens with zero attached hydrogens (tertiary/aromatic N) is 1. The summed E-state index contributed by atoms with van der Waals surface area (Å²) in [5, 5.41) is 0. The summed E-state index contributed by atoms with van der Waals surface area (Å²) in [5.74, 6) is 1.99. The molecule has 1 N–H and O–H groups in total. The van der Waals surface area contributed by atoms with Crippen LogP contribution in [0.25, 0.3) is 0 Å². The van der Waals surface area contributed by atoms with Crippen molar-refractivity contribution in [3.05, 3.63) is 155 Å². The summed E-state index contributed by atoms with van der Waals surface area (Å²) in [5.41, 5.74) is 3.57. The number of para-hydroxylation sites is 4. The van der Waals surface area contributed by atoms with E-state index in [4.69, 9.17) is 18.9 Å². The van der Waals surface area contributed by atoms with Gasteiger partial charge in [0.05, 0.1) is 32.7 Å². The fraction of sp³-hybridized carbons (Fsp3) is 0.347. The van der Waals surface area contributed by atoms with Crippen molar-refractivity contribution in [1.82, 2.24) is 0 Å². The van der Waals surface area contributed by atoms with Gasteiger partial charge in [0.2, 0.25) is 0 Å². The van der Waals surface area contributed by atoms with Gasteiger partial charge < -0.3 is 57.7 Å². The van der Waals surface area contributed by atoms with Gasteiger partial charge in [0.25, 0.3) is 0 Å². The normalized spacial score (nSPS) is 13.8. The van der Waals surface area contributed by atoms with Crippen molar-refractivity contribution in [1.29, 1.82) is 0 Å². The van der Waals surface area contributed by atoms with Gasteiger partial charge in [0, 0.05) is 22.3 Å². The SMILES string of the molecule is CC(C)[N+](C)(CCOC(=O)C1c2ccccc2Oc2ccccc21)C(C)C.CC[NH+](C)CCOC(=O)C1(Cc2ccccc2)c2ccccc2Oc2ccccc21.[Br-].[Cl-]. The Kier molecular flexibility index (Phi) is 16.8. The summed E-state index contributed by atoms with van der Waals surface area (Å²) in [4.78, 5) is 28.2. The maximum atomic E-state index is 13.8. The summed E-state index contributed by atoms with van der Waals surface area (Å²) >= 11 is 0. The Bertz CT molecular complexity index is 2050. The highest BCUT2D eigenvalue weighted by atomic mass is 79.9. The molecule has 0 fully saturated rings. The van der Waals surface area contributed by atoms with Crippen molar-refractivity contribution < 1.29 is 67.3 Å². The van der Waals surface area contributed by atoms with Crippen molar-refractivity contribution in [2.24, 2.45) is 0 Å². The van der Waals surface area contributed by atoms with E-state index in [9.17, 15) is 9.59 Å². The second-order valence-corrected chi connectivity index (χ2v) is 15.9. The first-order valence-corrected chi connectivity index (χ1v) is 20.3. The van der Waals surface area contributed by atoms with Crippen molar-refractivity contribution >= 4 is 11.9 Å². The molecule has 1 unspecified atom stereocenters. The molecule has 0 spiro atoms. The molecule has 59 heavy (non-hydrogen) atoms. The summed E-state index contributed by atoms with van der Waals surface area (Å²) in [6, 6.07) is 42.0. The zero-order valence-electron chi connectivity index (χ0n) is 35.3. The van der Waals surface area contributed by atoms with Crippen LogP contribution < -0.4 is 43.8 Å². The second-order valence-electron chi connectivity index (χ2n) is 15.9. The number of hydrogen-bond donors (Lipinski definition) is 1. The molecule has 0 bridgehead atoms. The molecular weight excluding hydrogens is 828 g/mol. The van der Waals surface area contributed by atoms with Gasteiger partial charge in [-0.1, -0.05) is 103 Å². The third-order valence-corrected chi connectivity index (χ3v) is 12.0. The summed E-state index contributed by atoms with van der Waals surface area (Å²) in [7, 11) is 4.33. The number of halogens is 2. The fourth-order valence-corrected chi connectivity index (χ4v) is 7.79. The molecule has 10 heteroatoms. The van der Waals surface area contributed by atoms with Gasteiger partial charge in [-0.2, -0.15) is 0 Å². The number of rotatable bonds is 13. The maximum Gasteiger partial charge on any atom is 0.321 e. The number of carbonyl (C=O) groups is 2. The van der Waals surface area contributed by atoms with Crippen LogP contribution in [0.2, 0.25) is 0 Å². The predicted molar refractivity (Wildman–Crippen MR) is 224 cm³/mol. The molecule has 0 saturated heterocycles. The number of nitrogens with one attached hydrogen (secondary N) is 1. The smallest absolute Gasteiger partial charge is 0.321 e. The molecule has 2 aliphatic heterocycles. The highest BCUT2D eigenvalue weighted by Crippen LogP contribution is 2.50. The minimum atomic E-state index is -0.951. The van der Waals surface area contributed by atoms with Crippen LogP contribution in [-0.4, -0.2) is 75.4 Å². The summed E-state index contributed by atoms with van der Waals surface area (Å²) < 4.78 is 24.7. The first-order chi connectivity index (χ1) is 27.5. The monoisotopic (exact) mass is 884 g/mol. The van der Waals surface area contributed by atoms with E-state index in [1.165, 1.54) is 4.90 Å². The molecule has 0 amide bonds. The lowest BCUT2D eigenvalue weighted by Crippen LogP contribution is -3.09. The lowest BCUT2D eigenvalue weighted by atomic mass is 9.68. The quantitative estimate of drug-likeness (QED) is 0.145. The van der Waals surface area contributed by atoms with Crippen molar-refractivity contribution in [2.45, 2.75) is 64.5 Å². The Hall–Kier alpha value is -4.67. The van der Waals surface area contributed by atoms with E-state index in [0.29, 0.717) is 43.2 Å². The zero-order chi connectivity index (χ0) is 40.6. The third kappa shape index (κ3) is 10.2.